The number of carbonyl (C=O) groups is 3. The van der Waals surface area contributed by atoms with Gasteiger partial charge in [-0.2, -0.15) is 0 Å². The first-order valence-corrected chi connectivity index (χ1v) is 10.5. The van der Waals surface area contributed by atoms with Gasteiger partial charge in [0.15, 0.2) is 11.5 Å². The van der Waals surface area contributed by atoms with Crippen LogP contribution >= 0.6 is 0 Å². The van der Waals surface area contributed by atoms with Gasteiger partial charge in [-0.15, -0.1) is 0 Å². The fourth-order valence-corrected chi connectivity index (χ4v) is 3.74. The predicted octanol–water partition coefficient (Wildman–Crippen LogP) is 2.46. The van der Waals surface area contributed by atoms with Gasteiger partial charge in [0.25, 0.3) is 11.8 Å². The first kappa shape index (κ1) is 23.1. The highest BCUT2D eigenvalue weighted by Gasteiger charge is 2.34. The number of carbonyl (C=O) groups excluding carboxylic acids is 3. The van der Waals surface area contributed by atoms with Crippen molar-refractivity contribution < 1.29 is 23.9 Å². The third-order valence-corrected chi connectivity index (χ3v) is 5.40. The van der Waals surface area contributed by atoms with Crippen molar-refractivity contribution in [3.8, 4) is 11.5 Å². The summed E-state index contributed by atoms with van der Waals surface area (Å²) >= 11 is 0. The van der Waals surface area contributed by atoms with Crippen LogP contribution in [0.15, 0.2) is 42.5 Å². The zero-order chi connectivity index (χ0) is 23.3. The zero-order valence-corrected chi connectivity index (χ0v) is 18.8. The number of fused-ring (bicyclic) bond motifs is 1. The fourth-order valence-electron chi connectivity index (χ4n) is 3.74. The first-order chi connectivity index (χ1) is 15.3. The van der Waals surface area contributed by atoms with E-state index in [1.54, 1.807) is 17.0 Å². The van der Waals surface area contributed by atoms with Crippen molar-refractivity contribution in [1.29, 1.82) is 0 Å². The molecule has 1 unspecified atom stereocenters. The molecule has 0 spiro atoms. The summed E-state index contributed by atoms with van der Waals surface area (Å²) in [5.41, 5.74) is 7.26. The van der Waals surface area contributed by atoms with Gasteiger partial charge >= 0.3 is 0 Å². The number of hydrogen-bond donors (Lipinski definition) is 2. The quantitative estimate of drug-likeness (QED) is 0.674. The maximum Gasteiger partial charge on any atom is 0.269 e. The van der Waals surface area contributed by atoms with Crippen LogP contribution in [0.3, 0.4) is 0 Å². The van der Waals surface area contributed by atoms with Gasteiger partial charge in [-0.25, -0.2) is 0 Å². The van der Waals surface area contributed by atoms with E-state index >= 15 is 0 Å². The van der Waals surface area contributed by atoms with Crippen molar-refractivity contribution in [3.63, 3.8) is 0 Å². The summed E-state index contributed by atoms with van der Waals surface area (Å²) in [5, 5.41) is 0. The van der Waals surface area contributed by atoms with Crippen molar-refractivity contribution in [3.05, 3.63) is 59.2 Å². The second-order valence-electron chi connectivity index (χ2n) is 8.12. The fraction of sp³-hybridized carbons (Fsp3) is 0.375. The van der Waals surface area contributed by atoms with Crippen LogP contribution in [0.25, 0.3) is 0 Å². The molecule has 0 radical (unpaired) electrons. The molecule has 0 bridgehead atoms. The minimum Gasteiger partial charge on any atom is -0.493 e. The Morgan fingerprint density at radius 1 is 1.00 bits per heavy atom. The first-order valence-electron chi connectivity index (χ1n) is 10.5. The Labute approximate surface area is 187 Å². The van der Waals surface area contributed by atoms with E-state index in [0.29, 0.717) is 36.4 Å². The van der Waals surface area contributed by atoms with Crippen molar-refractivity contribution in [2.24, 2.45) is 5.92 Å². The van der Waals surface area contributed by atoms with Crippen molar-refractivity contribution in [2.45, 2.75) is 39.3 Å². The highest BCUT2D eigenvalue weighted by Crippen LogP contribution is 2.27. The Balaban J connectivity index is 1.73. The Bertz CT molecular complexity index is 1000. The van der Waals surface area contributed by atoms with Crippen LogP contribution in [-0.2, 0) is 22.6 Å². The van der Waals surface area contributed by atoms with E-state index < -0.39 is 17.9 Å². The second-order valence-corrected chi connectivity index (χ2v) is 8.12. The highest BCUT2D eigenvalue weighted by molar-refractivity contribution is 5.97. The molecule has 2 aromatic carbocycles. The third kappa shape index (κ3) is 5.19. The summed E-state index contributed by atoms with van der Waals surface area (Å²) in [6.45, 7) is 4.30. The summed E-state index contributed by atoms with van der Waals surface area (Å²) in [7, 11) is 2.98. The number of methoxy groups -OCH3 is 2. The smallest absolute Gasteiger partial charge is 0.269 e. The van der Waals surface area contributed by atoms with Crippen molar-refractivity contribution >= 4 is 17.7 Å². The largest absolute Gasteiger partial charge is 0.493 e. The Kier molecular flexibility index (Phi) is 7.35. The normalized spacial score (nSPS) is 15.0. The molecular formula is C24H29N3O5. The molecule has 8 heteroatoms. The Hall–Kier alpha value is -3.55. The van der Waals surface area contributed by atoms with Crippen LogP contribution in [-0.4, -0.2) is 42.9 Å². The lowest BCUT2D eigenvalue weighted by Gasteiger charge is -2.36. The van der Waals surface area contributed by atoms with Crippen molar-refractivity contribution in [1.82, 2.24) is 15.8 Å². The molecule has 0 aliphatic carbocycles. The topological polar surface area (TPSA) is 97.0 Å². The lowest BCUT2D eigenvalue weighted by molar-refractivity contribution is -0.142. The number of rotatable bonds is 6. The molecule has 170 valence electrons. The second kappa shape index (κ2) is 10.2. The SMILES string of the molecule is COc1ccc(C(=O)NNC(=O)C2Cc3ccccc3CN2C(=O)CC(C)C)cc1OC. The van der Waals surface area contributed by atoms with Gasteiger partial charge < -0.3 is 14.4 Å². The van der Waals surface area contributed by atoms with Gasteiger partial charge in [-0.05, 0) is 35.2 Å². The molecule has 32 heavy (non-hydrogen) atoms. The van der Waals surface area contributed by atoms with Gasteiger partial charge in [0, 0.05) is 24.9 Å². The molecule has 0 aromatic heterocycles. The van der Waals surface area contributed by atoms with Gasteiger partial charge in [0.1, 0.15) is 6.04 Å². The molecule has 2 N–H and O–H groups in total. The molecule has 1 heterocycles. The third-order valence-electron chi connectivity index (χ3n) is 5.40. The number of nitrogens with one attached hydrogen (secondary N) is 2. The number of benzene rings is 2. The zero-order valence-electron chi connectivity index (χ0n) is 18.8. The number of hydrogen-bond acceptors (Lipinski definition) is 5. The maximum atomic E-state index is 13.0. The van der Waals surface area contributed by atoms with Crippen LogP contribution in [0.1, 0.15) is 41.8 Å². The number of amides is 3. The molecular weight excluding hydrogens is 410 g/mol. The van der Waals surface area contributed by atoms with Crippen LogP contribution in [0.2, 0.25) is 0 Å². The lowest BCUT2D eigenvalue weighted by atomic mass is 9.92. The van der Waals surface area contributed by atoms with E-state index in [-0.39, 0.29) is 11.8 Å². The minimum atomic E-state index is -0.707. The predicted molar refractivity (Wildman–Crippen MR) is 119 cm³/mol. The summed E-state index contributed by atoms with van der Waals surface area (Å²) in [6.07, 6.45) is 0.738. The summed E-state index contributed by atoms with van der Waals surface area (Å²) in [4.78, 5) is 40.0. The average molecular weight is 440 g/mol. The lowest BCUT2D eigenvalue weighted by Crippen LogP contribution is -2.56. The molecule has 1 aliphatic heterocycles. The minimum absolute atomic E-state index is 0.0825. The molecule has 8 nitrogen and oxygen atoms in total. The van der Waals surface area contributed by atoms with Crippen LogP contribution in [0.5, 0.6) is 11.5 Å². The van der Waals surface area contributed by atoms with E-state index in [1.807, 2.05) is 38.1 Å². The van der Waals surface area contributed by atoms with Crippen molar-refractivity contribution in [2.75, 3.05) is 14.2 Å². The Morgan fingerprint density at radius 3 is 2.34 bits per heavy atom. The molecule has 1 aliphatic rings. The summed E-state index contributed by atoms with van der Waals surface area (Å²) in [5.74, 6) is 0.0455. The van der Waals surface area contributed by atoms with Gasteiger partial charge in [-0.1, -0.05) is 38.1 Å². The van der Waals surface area contributed by atoms with Crippen LogP contribution in [0.4, 0.5) is 0 Å². The molecule has 1 atom stereocenters. The molecule has 3 rings (SSSR count). The molecule has 0 saturated carbocycles. The van der Waals surface area contributed by atoms with E-state index in [4.69, 9.17) is 9.47 Å². The average Bonchev–Trinajstić information content (AvgIpc) is 2.80. The standard InChI is InChI=1S/C24H29N3O5/c1-15(2)11-22(28)27-14-18-8-6-5-7-16(18)12-19(27)24(30)26-25-23(29)17-9-10-20(31-3)21(13-17)32-4/h5-10,13,15,19H,11-12,14H2,1-4H3,(H,25,29)(H,26,30). The van der Waals surface area contributed by atoms with E-state index in [0.717, 1.165) is 11.1 Å². The molecule has 3 amide bonds. The summed E-state index contributed by atoms with van der Waals surface area (Å²) < 4.78 is 10.4. The monoisotopic (exact) mass is 439 g/mol. The Morgan fingerprint density at radius 2 is 1.69 bits per heavy atom. The van der Waals surface area contributed by atoms with Gasteiger partial charge in [-0.3, -0.25) is 25.2 Å². The molecule has 0 fully saturated rings. The van der Waals surface area contributed by atoms with Gasteiger partial charge in [0.05, 0.1) is 14.2 Å². The van der Waals surface area contributed by atoms with E-state index in [1.165, 1.54) is 20.3 Å². The molecule has 0 saturated heterocycles. The van der Waals surface area contributed by atoms with Gasteiger partial charge in [0.2, 0.25) is 5.91 Å². The van der Waals surface area contributed by atoms with Crippen LogP contribution < -0.4 is 20.3 Å². The number of ether oxygens (including phenoxy) is 2. The number of hydrazine groups is 1. The van der Waals surface area contributed by atoms with E-state index in [2.05, 4.69) is 10.9 Å². The van der Waals surface area contributed by atoms with E-state index in [9.17, 15) is 14.4 Å². The number of nitrogens with zero attached hydrogens (tertiary/aromatic N) is 1. The summed E-state index contributed by atoms with van der Waals surface area (Å²) in [6, 6.07) is 11.8. The molecule has 2 aromatic rings. The van der Waals surface area contributed by atoms with Crippen LogP contribution in [0, 0.1) is 5.92 Å². The maximum absolute atomic E-state index is 13.0. The highest BCUT2D eigenvalue weighted by atomic mass is 16.5.